The van der Waals surface area contributed by atoms with Gasteiger partial charge in [0, 0.05) is 30.9 Å². The topological polar surface area (TPSA) is 103 Å². The molecule has 0 aliphatic carbocycles. The van der Waals surface area contributed by atoms with Crippen molar-refractivity contribution in [3.8, 4) is 5.75 Å². The summed E-state index contributed by atoms with van der Waals surface area (Å²) in [6, 6.07) is 8.90. The lowest BCUT2D eigenvalue weighted by atomic mass is 10.2. The molecule has 1 aromatic carbocycles. The third-order valence-corrected chi connectivity index (χ3v) is 6.30. The molecule has 0 radical (unpaired) electrons. The maximum Gasteiger partial charge on any atom is 0.265 e. The Morgan fingerprint density at radius 1 is 1.26 bits per heavy atom. The Morgan fingerprint density at radius 2 is 2.03 bits per heavy atom. The van der Waals surface area contributed by atoms with Crippen LogP contribution in [0.1, 0.15) is 23.5 Å². The molecule has 4 rings (SSSR count). The van der Waals surface area contributed by atoms with Gasteiger partial charge in [-0.15, -0.1) is 11.3 Å². The van der Waals surface area contributed by atoms with Crippen molar-refractivity contribution in [2.45, 2.75) is 25.9 Å². The van der Waals surface area contributed by atoms with Gasteiger partial charge in [0.2, 0.25) is 5.95 Å². The van der Waals surface area contributed by atoms with Gasteiger partial charge < -0.3 is 20.7 Å². The molecule has 0 bridgehead atoms. The highest BCUT2D eigenvalue weighted by Crippen LogP contribution is 2.31. The first-order valence-corrected chi connectivity index (χ1v) is 11.8. The molecule has 0 saturated carbocycles. The summed E-state index contributed by atoms with van der Waals surface area (Å²) in [4.78, 5) is 21.4. The van der Waals surface area contributed by atoms with Crippen molar-refractivity contribution >= 4 is 52.0 Å². The molecule has 0 unspecified atom stereocenters. The van der Waals surface area contributed by atoms with Gasteiger partial charge in [-0.3, -0.25) is 10.2 Å². The van der Waals surface area contributed by atoms with Crippen LogP contribution in [0.4, 0.5) is 27.5 Å². The number of nitrogens with one attached hydrogen (secondary N) is 4. The lowest BCUT2D eigenvalue weighted by Gasteiger charge is -2.35. The van der Waals surface area contributed by atoms with E-state index in [2.05, 4.69) is 45.2 Å². The van der Waals surface area contributed by atoms with Gasteiger partial charge in [0.05, 0.1) is 28.2 Å². The van der Waals surface area contributed by atoms with Crippen LogP contribution in [0, 0.1) is 5.82 Å². The number of aromatic nitrogens is 2. The monoisotopic (exact) mass is 505 g/mol. The van der Waals surface area contributed by atoms with Gasteiger partial charge in [0.1, 0.15) is 5.75 Å². The molecule has 180 valence electrons. The van der Waals surface area contributed by atoms with Crippen LogP contribution < -0.4 is 26.1 Å². The number of amides is 1. The van der Waals surface area contributed by atoms with E-state index < -0.39 is 5.82 Å². The number of carbonyl (C=O) groups is 1. The van der Waals surface area contributed by atoms with Gasteiger partial charge >= 0.3 is 0 Å². The Kier molecular flexibility index (Phi) is 7.47. The highest BCUT2D eigenvalue weighted by Gasteiger charge is 2.22. The number of halogens is 2. The van der Waals surface area contributed by atoms with Gasteiger partial charge in [0.15, 0.2) is 11.6 Å². The Morgan fingerprint density at radius 3 is 2.71 bits per heavy atom. The largest absolute Gasteiger partial charge is 0.495 e. The number of ether oxygens (including phenoxy) is 1. The molecule has 1 amide bonds. The lowest BCUT2D eigenvalue weighted by Crippen LogP contribution is -2.55. The van der Waals surface area contributed by atoms with Crippen molar-refractivity contribution in [2.24, 2.45) is 0 Å². The minimum Gasteiger partial charge on any atom is -0.495 e. The number of piperazine rings is 1. The summed E-state index contributed by atoms with van der Waals surface area (Å²) < 4.78 is 20.4. The van der Waals surface area contributed by atoms with Crippen molar-refractivity contribution in [1.82, 2.24) is 20.3 Å². The summed E-state index contributed by atoms with van der Waals surface area (Å²) in [5, 5.41) is 11.2. The fourth-order valence-corrected chi connectivity index (χ4v) is 4.65. The zero-order valence-electron chi connectivity index (χ0n) is 18.9. The molecule has 3 heterocycles. The second-order valence-corrected chi connectivity index (χ2v) is 9.69. The van der Waals surface area contributed by atoms with Crippen LogP contribution in [0.2, 0.25) is 4.34 Å². The zero-order chi connectivity index (χ0) is 24.2. The molecule has 34 heavy (non-hydrogen) atoms. The van der Waals surface area contributed by atoms with Gasteiger partial charge in [-0.05, 0) is 44.2 Å². The smallest absolute Gasteiger partial charge is 0.265 e. The number of anilines is 4. The van der Waals surface area contributed by atoms with Gasteiger partial charge in [-0.1, -0.05) is 11.6 Å². The van der Waals surface area contributed by atoms with Gasteiger partial charge in [0.25, 0.3) is 5.91 Å². The summed E-state index contributed by atoms with van der Waals surface area (Å²) in [5.74, 6) is -0.203. The summed E-state index contributed by atoms with van der Waals surface area (Å²) in [6.07, 6.45) is 1.11. The first-order valence-electron chi connectivity index (χ1n) is 10.6. The fourth-order valence-electron chi connectivity index (χ4n) is 3.71. The van der Waals surface area contributed by atoms with Crippen LogP contribution in [-0.4, -0.2) is 53.2 Å². The predicted molar refractivity (Wildman–Crippen MR) is 133 cm³/mol. The van der Waals surface area contributed by atoms with Crippen LogP contribution in [0.5, 0.6) is 5.75 Å². The second-order valence-electron chi connectivity index (χ2n) is 7.97. The molecule has 9 nitrogen and oxygen atoms in total. The summed E-state index contributed by atoms with van der Waals surface area (Å²) in [6.45, 7) is 5.70. The van der Waals surface area contributed by atoms with Gasteiger partial charge in [-0.25, -0.2) is 14.4 Å². The van der Waals surface area contributed by atoms with E-state index in [4.69, 9.17) is 16.3 Å². The average Bonchev–Trinajstić information content (AvgIpc) is 3.22. The number of hydrogen-bond acceptors (Lipinski definition) is 9. The molecule has 1 aliphatic heterocycles. The van der Waals surface area contributed by atoms with Crippen molar-refractivity contribution in [2.75, 3.05) is 36.3 Å². The number of benzene rings is 1. The maximum absolute atomic E-state index is 14.5. The standard InChI is InChI=1S/C22H25ClFN7O2S/c1-12-10-31(11-13(2)26-12)30-22-25-9-15(24)20(29-22)27-14-4-5-17(33-3)16(8-14)28-21(32)18-6-7-19(23)34-18/h4-9,12-13,26H,10-11H2,1-3H3,(H,28,32)(H2,25,27,29,30)/t12-,13+. The number of hydrogen-bond donors (Lipinski definition) is 4. The molecule has 1 fully saturated rings. The minimum absolute atomic E-state index is 0.00112. The normalized spacial score (nSPS) is 18.4. The van der Waals surface area contributed by atoms with E-state index in [1.54, 1.807) is 30.3 Å². The average molecular weight is 506 g/mol. The van der Waals surface area contributed by atoms with E-state index in [0.717, 1.165) is 19.3 Å². The molecule has 1 aliphatic rings. The molecule has 2 aromatic heterocycles. The fraction of sp³-hybridized carbons (Fsp3) is 0.318. The van der Waals surface area contributed by atoms with Crippen LogP contribution >= 0.6 is 22.9 Å². The van der Waals surface area contributed by atoms with E-state index in [9.17, 15) is 9.18 Å². The number of rotatable bonds is 7. The van der Waals surface area contributed by atoms with Crippen molar-refractivity contribution in [3.05, 3.63) is 51.6 Å². The van der Waals surface area contributed by atoms with E-state index in [-0.39, 0.29) is 17.7 Å². The first kappa shape index (κ1) is 24.1. The van der Waals surface area contributed by atoms with Crippen LogP contribution in [0.25, 0.3) is 0 Å². The molecule has 0 spiro atoms. The molecule has 1 saturated heterocycles. The van der Waals surface area contributed by atoms with E-state index in [1.165, 1.54) is 18.4 Å². The summed E-state index contributed by atoms with van der Waals surface area (Å²) >= 11 is 7.10. The number of methoxy groups -OCH3 is 1. The third kappa shape index (κ3) is 5.92. The highest BCUT2D eigenvalue weighted by molar-refractivity contribution is 7.18. The van der Waals surface area contributed by atoms with E-state index in [1.807, 2.05) is 5.01 Å². The quantitative estimate of drug-likeness (QED) is 0.376. The highest BCUT2D eigenvalue weighted by atomic mass is 35.5. The first-order chi connectivity index (χ1) is 16.3. The summed E-state index contributed by atoms with van der Waals surface area (Å²) in [7, 11) is 1.50. The molecule has 12 heteroatoms. The Bertz CT molecular complexity index is 1170. The number of hydrazine groups is 1. The minimum atomic E-state index is -0.609. The lowest BCUT2D eigenvalue weighted by molar-refractivity contribution is 0.103. The Balaban J connectivity index is 1.51. The Labute approximate surface area is 205 Å². The van der Waals surface area contributed by atoms with Crippen LogP contribution in [0.15, 0.2) is 36.5 Å². The molecule has 4 N–H and O–H groups in total. The van der Waals surface area contributed by atoms with Crippen molar-refractivity contribution in [1.29, 1.82) is 0 Å². The number of nitrogens with zero attached hydrogens (tertiary/aromatic N) is 3. The van der Waals surface area contributed by atoms with Crippen LogP contribution in [0.3, 0.4) is 0 Å². The van der Waals surface area contributed by atoms with Crippen LogP contribution in [-0.2, 0) is 0 Å². The number of carbonyl (C=O) groups excluding carboxylic acids is 1. The SMILES string of the molecule is COc1ccc(Nc2nc(NN3C[C@@H](C)N[C@@H](C)C3)ncc2F)cc1NC(=O)c1ccc(Cl)s1. The number of thiophene rings is 1. The summed E-state index contributed by atoms with van der Waals surface area (Å²) in [5.41, 5.74) is 4.07. The van der Waals surface area contributed by atoms with E-state index in [0.29, 0.717) is 38.4 Å². The van der Waals surface area contributed by atoms with E-state index >= 15 is 0 Å². The predicted octanol–water partition coefficient (Wildman–Crippen LogP) is 4.34. The maximum atomic E-state index is 14.5. The van der Waals surface area contributed by atoms with Gasteiger partial charge in [-0.2, -0.15) is 4.98 Å². The zero-order valence-corrected chi connectivity index (χ0v) is 20.4. The molecular formula is C22H25ClFN7O2S. The second kappa shape index (κ2) is 10.5. The third-order valence-electron chi connectivity index (χ3n) is 5.07. The van der Waals surface area contributed by atoms with Crippen molar-refractivity contribution < 1.29 is 13.9 Å². The molecular weight excluding hydrogens is 481 g/mol. The van der Waals surface area contributed by atoms with Crippen molar-refractivity contribution in [3.63, 3.8) is 0 Å². The Hall–Kier alpha value is -2.99. The molecule has 2 atom stereocenters. The molecule has 3 aromatic rings.